The fourth-order valence-electron chi connectivity index (χ4n) is 1.64. The van der Waals surface area contributed by atoms with E-state index in [9.17, 15) is 8.42 Å². The number of sulfonamides is 1. The predicted molar refractivity (Wildman–Crippen MR) is 70.2 cm³/mol. The van der Waals surface area contributed by atoms with Crippen LogP contribution in [0.15, 0.2) is 21.6 Å². The van der Waals surface area contributed by atoms with Gasteiger partial charge in [0.15, 0.2) is 5.82 Å². The third-order valence-electron chi connectivity index (χ3n) is 2.68. The number of nitrogens with two attached hydrogens (primary N) is 1. The first-order chi connectivity index (χ1) is 8.79. The second-order valence-corrected chi connectivity index (χ2v) is 5.86. The molecule has 8 heteroatoms. The van der Waals surface area contributed by atoms with Gasteiger partial charge in [-0.2, -0.15) is 4.98 Å². The van der Waals surface area contributed by atoms with Crippen LogP contribution in [0.4, 0.5) is 11.7 Å². The van der Waals surface area contributed by atoms with Crippen molar-refractivity contribution in [3.8, 4) is 0 Å². The summed E-state index contributed by atoms with van der Waals surface area (Å²) >= 11 is 0. The van der Waals surface area contributed by atoms with Crippen LogP contribution < -0.4 is 10.5 Å². The number of aryl methyl sites for hydroxylation is 2. The van der Waals surface area contributed by atoms with Gasteiger partial charge in [0, 0.05) is 5.69 Å². The molecule has 1 aromatic carbocycles. The molecule has 0 amide bonds. The van der Waals surface area contributed by atoms with E-state index in [4.69, 9.17) is 10.3 Å². The van der Waals surface area contributed by atoms with Gasteiger partial charge in [0.2, 0.25) is 0 Å². The number of aromatic nitrogens is 2. The quantitative estimate of drug-likeness (QED) is 0.823. The van der Waals surface area contributed by atoms with Gasteiger partial charge in [0.05, 0.1) is 4.90 Å². The van der Waals surface area contributed by atoms with Crippen LogP contribution in [0.3, 0.4) is 0 Å². The van der Waals surface area contributed by atoms with Crippen molar-refractivity contribution in [2.75, 3.05) is 10.5 Å². The van der Waals surface area contributed by atoms with Crippen LogP contribution >= 0.6 is 0 Å². The third-order valence-corrected chi connectivity index (χ3v) is 4.13. The maximum Gasteiger partial charge on any atom is 0.335 e. The second-order valence-electron chi connectivity index (χ2n) is 4.21. The number of anilines is 2. The molecule has 7 nitrogen and oxygen atoms in total. The fourth-order valence-corrected chi connectivity index (χ4v) is 2.92. The molecule has 0 fully saturated rings. The minimum absolute atomic E-state index is 0.0980. The monoisotopic (exact) mass is 282 g/mol. The number of hydrogen-bond donors (Lipinski definition) is 2. The molecule has 0 spiro atoms. The van der Waals surface area contributed by atoms with E-state index < -0.39 is 10.0 Å². The molecule has 1 aromatic heterocycles. The molecule has 0 radical (unpaired) electrons. The molecule has 0 unspecified atom stereocenters. The first-order valence-electron chi connectivity index (χ1n) is 5.49. The van der Waals surface area contributed by atoms with E-state index in [1.165, 1.54) is 6.07 Å². The van der Waals surface area contributed by atoms with E-state index in [2.05, 4.69) is 14.9 Å². The molecule has 102 valence electrons. The van der Waals surface area contributed by atoms with Crippen LogP contribution in [-0.4, -0.2) is 18.6 Å². The van der Waals surface area contributed by atoms with Gasteiger partial charge in [-0.3, -0.25) is 0 Å². The highest BCUT2D eigenvalue weighted by Gasteiger charge is 2.21. The number of nitrogens with one attached hydrogen (secondary N) is 1. The molecule has 0 aliphatic carbocycles. The first kappa shape index (κ1) is 13.3. The Labute approximate surface area is 110 Å². The van der Waals surface area contributed by atoms with Crippen molar-refractivity contribution in [3.05, 3.63) is 29.1 Å². The van der Waals surface area contributed by atoms with E-state index in [1.807, 2.05) is 0 Å². The maximum absolute atomic E-state index is 12.2. The number of rotatable bonds is 3. The van der Waals surface area contributed by atoms with Crippen molar-refractivity contribution >= 4 is 21.7 Å². The summed E-state index contributed by atoms with van der Waals surface area (Å²) < 4.78 is 31.4. The Kier molecular flexibility index (Phi) is 3.19. The average Bonchev–Trinajstić information content (AvgIpc) is 2.68. The van der Waals surface area contributed by atoms with Gasteiger partial charge >= 0.3 is 6.01 Å². The Hall–Kier alpha value is -2.09. The molecular weight excluding hydrogens is 268 g/mol. The van der Waals surface area contributed by atoms with Crippen molar-refractivity contribution < 1.29 is 12.9 Å². The van der Waals surface area contributed by atoms with Gasteiger partial charge in [-0.05, 0) is 44.0 Å². The standard InChI is InChI=1S/C11H14N4O3S/c1-6-4-9(12)5-10(7(6)2)19(16,17)15-11-13-8(3)14-18-11/h4-5H,12H2,1-3H3,(H,13,14,15). The molecule has 2 aromatic rings. The first-order valence-corrected chi connectivity index (χ1v) is 6.98. The van der Waals surface area contributed by atoms with E-state index >= 15 is 0 Å². The Morgan fingerprint density at radius 2 is 1.95 bits per heavy atom. The zero-order chi connectivity index (χ0) is 14.2. The molecule has 1 heterocycles. The highest BCUT2D eigenvalue weighted by molar-refractivity contribution is 7.92. The van der Waals surface area contributed by atoms with E-state index in [1.54, 1.807) is 26.8 Å². The lowest BCUT2D eigenvalue weighted by Crippen LogP contribution is -2.15. The van der Waals surface area contributed by atoms with Crippen molar-refractivity contribution in [2.24, 2.45) is 0 Å². The SMILES string of the molecule is Cc1noc(NS(=O)(=O)c2cc(N)cc(C)c2C)n1. The summed E-state index contributed by atoms with van der Waals surface area (Å²) in [7, 11) is -3.80. The lowest BCUT2D eigenvalue weighted by molar-refractivity contribution is 0.429. The molecule has 19 heavy (non-hydrogen) atoms. The number of nitrogens with zero attached hydrogens (tertiary/aromatic N) is 2. The largest absolute Gasteiger partial charge is 0.399 e. The number of hydrogen-bond acceptors (Lipinski definition) is 6. The third kappa shape index (κ3) is 2.68. The van der Waals surface area contributed by atoms with Crippen molar-refractivity contribution in [3.63, 3.8) is 0 Å². The summed E-state index contributed by atoms with van der Waals surface area (Å²) in [6.45, 7) is 5.10. The summed E-state index contributed by atoms with van der Waals surface area (Å²) in [5.74, 6) is 0.346. The Balaban J connectivity index is 2.45. The summed E-state index contributed by atoms with van der Waals surface area (Å²) in [5.41, 5.74) is 7.48. The van der Waals surface area contributed by atoms with Crippen molar-refractivity contribution in [1.29, 1.82) is 0 Å². The normalized spacial score (nSPS) is 11.5. The highest BCUT2D eigenvalue weighted by Crippen LogP contribution is 2.24. The van der Waals surface area contributed by atoms with Crippen molar-refractivity contribution in [1.82, 2.24) is 10.1 Å². The Bertz CT molecular complexity index is 722. The smallest absolute Gasteiger partial charge is 0.335 e. The summed E-state index contributed by atoms with van der Waals surface area (Å²) in [5, 5.41) is 3.51. The van der Waals surface area contributed by atoms with Crippen LogP contribution in [0.1, 0.15) is 17.0 Å². The summed E-state index contributed by atoms with van der Waals surface area (Å²) in [6, 6.07) is 2.94. The minimum atomic E-state index is -3.80. The molecular formula is C11H14N4O3S. The molecule has 0 saturated carbocycles. The van der Waals surface area contributed by atoms with Crippen LogP contribution in [0, 0.1) is 20.8 Å². The highest BCUT2D eigenvalue weighted by atomic mass is 32.2. The number of benzene rings is 1. The topological polar surface area (TPSA) is 111 Å². The van der Waals surface area contributed by atoms with Gasteiger partial charge in [0.25, 0.3) is 10.0 Å². The van der Waals surface area contributed by atoms with Crippen LogP contribution in [0.5, 0.6) is 0 Å². The molecule has 2 rings (SSSR count). The Morgan fingerprint density at radius 3 is 2.53 bits per heavy atom. The molecule has 0 aliphatic heterocycles. The fraction of sp³-hybridized carbons (Fsp3) is 0.273. The summed E-state index contributed by atoms with van der Waals surface area (Å²) in [4.78, 5) is 3.89. The lowest BCUT2D eigenvalue weighted by atomic mass is 10.1. The van der Waals surface area contributed by atoms with E-state index in [0.717, 1.165) is 5.56 Å². The minimum Gasteiger partial charge on any atom is -0.399 e. The number of nitrogen functional groups attached to an aromatic ring is 1. The summed E-state index contributed by atoms with van der Waals surface area (Å²) in [6.07, 6.45) is 0. The molecule has 0 aliphatic rings. The molecule has 0 bridgehead atoms. The van der Waals surface area contributed by atoms with Crippen LogP contribution in [0.25, 0.3) is 0 Å². The second kappa shape index (κ2) is 4.54. The van der Waals surface area contributed by atoms with Gasteiger partial charge in [-0.1, -0.05) is 5.16 Å². The van der Waals surface area contributed by atoms with Gasteiger partial charge in [-0.25, -0.2) is 13.1 Å². The zero-order valence-corrected chi connectivity index (χ0v) is 11.6. The molecule has 3 N–H and O–H groups in total. The van der Waals surface area contributed by atoms with E-state index in [-0.39, 0.29) is 10.9 Å². The van der Waals surface area contributed by atoms with Crippen LogP contribution in [-0.2, 0) is 10.0 Å². The van der Waals surface area contributed by atoms with Crippen LogP contribution in [0.2, 0.25) is 0 Å². The zero-order valence-electron chi connectivity index (χ0n) is 10.8. The van der Waals surface area contributed by atoms with Crippen molar-refractivity contribution in [2.45, 2.75) is 25.7 Å². The molecule has 0 saturated heterocycles. The Morgan fingerprint density at radius 1 is 1.26 bits per heavy atom. The maximum atomic E-state index is 12.2. The van der Waals surface area contributed by atoms with E-state index in [0.29, 0.717) is 17.1 Å². The lowest BCUT2D eigenvalue weighted by Gasteiger charge is -2.10. The average molecular weight is 282 g/mol. The van der Waals surface area contributed by atoms with Gasteiger partial charge in [0.1, 0.15) is 0 Å². The predicted octanol–water partition coefficient (Wildman–Crippen LogP) is 1.38. The molecule has 0 atom stereocenters. The van der Waals surface area contributed by atoms with Gasteiger partial charge in [-0.15, -0.1) is 0 Å². The van der Waals surface area contributed by atoms with Gasteiger partial charge < -0.3 is 10.3 Å².